The summed E-state index contributed by atoms with van der Waals surface area (Å²) in [6, 6.07) is 15.1. The van der Waals surface area contributed by atoms with Crippen LogP contribution in [0, 0.1) is 0 Å². The second kappa shape index (κ2) is 8.64. The fraction of sp³-hybridized carbons (Fsp3) is 0.200. The molecule has 0 aliphatic rings. The van der Waals surface area contributed by atoms with Crippen molar-refractivity contribution in [1.82, 2.24) is 9.88 Å². The molecule has 0 aliphatic carbocycles. The highest BCUT2D eigenvalue weighted by atomic mass is 32.2. The van der Waals surface area contributed by atoms with Crippen molar-refractivity contribution in [2.45, 2.75) is 11.4 Å². The maximum absolute atomic E-state index is 12.4. The molecule has 3 rings (SSSR count). The summed E-state index contributed by atoms with van der Waals surface area (Å²) in [5.74, 6) is 0.262. The lowest BCUT2D eigenvalue weighted by atomic mass is 10.2. The van der Waals surface area contributed by atoms with Gasteiger partial charge < -0.3 is 20.4 Å². The van der Waals surface area contributed by atoms with Crippen LogP contribution in [-0.4, -0.2) is 35.8 Å². The normalized spacial score (nSPS) is 10.7. The Morgan fingerprint density at radius 3 is 2.67 bits per heavy atom. The molecular weight excluding hydrogens is 362 g/mol. The number of fused-ring (bicyclic) bond motifs is 1. The zero-order valence-electron chi connectivity index (χ0n) is 15.0. The van der Waals surface area contributed by atoms with Crippen LogP contribution in [0.2, 0.25) is 0 Å². The first kappa shape index (κ1) is 18.8. The van der Waals surface area contributed by atoms with E-state index in [-0.39, 0.29) is 17.6 Å². The number of ether oxygens (including phenoxy) is 1. The maximum Gasteiger partial charge on any atom is 0.255 e. The third-order valence-corrected chi connectivity index (χ3v) is 5.18. The Labute approximate surface area is 161 Å². The van der Waals surface area contributed by atoms with E-state index in [1.165, 1.54) is 11.8 Å². The molecule has 0 saturated heterocycles. The monoisotopic (exact) mass is 383 g/mol. The van der Waals surface area contributed by atoms with Crippen LogP contribution in [-0.2, 0) is 11.3 Å². The Balaban J connectivity index is 1.70. The number of aromatic nitrogens is 1. The summed E-state index contributed by atoms with van der Waals surface area (Å²) in [7, 11) is 1.54. The number of primary amides is 1. The maximum atomic E-state index is 12.4. The van der Waals surface area contributed by atoms with E-state index in [2.05, 4.69) is 9.88 Å². The molecule has 7 heteroatoms. The molecule has 0 unspecified atom stereocenters. The quantitative estimate of drug-likeness (QED) is 0.586. The number of para-hydroxylation sites is 2. The molecule has 0 aliphatic heterocycles. The van der Waals surface area contributed by atoms with Gasteiger partial charge in [0.2, 0.25) is 5.91 Å². The van der Waals surface area contributed by atoms with Crippen molar-refractivity contribution in [3.8, 4) is 5.75 Å². The summed E-state index contributed by atoms with van der Waals surface area (Å²) in [6.45, 7) is 1.08. The molecule has 1 heterocycles. The number of carbonyl (C=O) groups excluding carboxylic acids is 2. The van der Waals surface area contributed by atoms with Gasteiger partial charge in [-0.3, -0.25) is 9.59 Å². The minimum Gasteiger partial charge on any atom is -0.496 e. The summed E-state index contributed by atoms with van der Waals surface area (Å²) in [5.41, 5.74) is 6.82. The number of benzene rings is 2. The van der Waals surface area contributed by atoms with Gasteiger partial charge in [-0.15, -0.1) is 11.8 Å². The molecule has 0 fully saturated rings. The Kier molecular flexibility index (Phi) is 6.03. The van der Waals surface area contributed by atoms with Gasteiger partial charge in [-0.1, -0.05) is 30.3 Å². The van der Waals surface area contributed by atoms with E-state index in [1.807, 2.05) is 36.5 Å². The van der Waals surface area contributed by atoms with Gasteiger partial charge in [-0.05, 0) is 18.2 Å². The molecule has 0 spiro atoms. The van der Waals surface area contributed by atoms with Crippen LogP contribution in [0.3, 0.4) is 0 Å². The second-order valence-corrected chi connectivity index (χ2v) is 6.93. The van der Waals surface area contributed by atoms with Crippen molar-refractivity contribution >= 4 is 34.5 Å². The fourth-order valence-electron chi connectivity index (χ4n) is 2.88. The van der Waals surface area contributed by atoms with E-state index >= 15 is 0 Å². The molecule has 0 radical (unpaired) electrons. The Morgan fingerprint density at radius 1 is 1.15 bits per heavy atom. The Bertz CT molecular complexity index is 968. The summed E-state index contributed by atoms with van der Waals surface area (Å²) in [6.07, 6.45) is 1.99. The van der Waals surface area contributed by atoms with Gasteiger partial charge in [0.15, 0.2) is 0 Å². The number of nitrogens with zero attached hydrogens (tertiary/aromatic N) is 1. The van der Waals surface area contributed by atoms with Gasteiger partial charge in [0.05, 0.1) is 18.4 Å². The molecule has 3 N–H and O–H groups in total. The average Bonchev–Trinajstić information content (AvgIpc) is 3.04. The fourth-order valence-corrected chi connectivity index (χ4v) is 3.71. The third kappa shape index (κ3) is 4.43. The highest BCUT2D eigenvalue weighted by Crippen LogP contribution is 2.29. The number of rotatable bonds is 8. The molecule has 1 aromatic heterocycles. The zero-order valence-corrected chi connectivity index (χ0v) is 15.8. The van der Waals surface area contributed by atoms with Gasteiger partial charge in [-0.2, -0.15) is 0 Å². The Hall–Kier alpha value is -2.93. The number of carbonyl (C=O) groups is 2. The summed E-state index contributed by atoms with van der Waals surface area (Å²) in [4.78, 5) is 24.5. The first-order valence-electron chi connectivity index (χ1n) is 8.50. The molecule has 0 saturated carbocycles. The van der Waals surface area contributed by atoms with E-state index in [9.17, 15) is 9.59 Å². The van der Waals surface area contributed by atoms with E-state index in [4.69, 9.17) is 10.5 Å². The van der Waals surface area contributed by atoms with Crippen molar-refractivity contribution < 1.29 is 14.3 Å². The molecule has 2 aromatic carbocycles. The minimum absolute atomic E-state index is 0.174. The van der Waals surface area contributed by atoms with Crippen LogP contribution in [0.5, 0.6) is 5.75 Å². The van der Waals surface area contributed by atoms with Gasteiger partial charge in [0.1, 0.15) is 5.75 Å². The van der Waals surface area contributed by atoms with Crippen LogP contribution >= 0.6 is 11.8 Å². The highest BCUT2D eigenvalue weighted by Gasteiger charge is 2.12. The van der Waals surface area contributed by atoms with E-state index in [1.54, 1.807) is 25.3 Å². The number of nitrogens with one attached hydrogen (secondary N) is 1. The summed E-state index contributed by atoms with van der Waals surface area (Å²) < 4.78 is 7.30. The molecule has 2 amide bonds. The molecule has 0 bridgehead atoms. The second-order valence-electron chi connectivity index (χ2n) is 5.92. The number of thioether (sulfide) groups is 1. The van der Waals surface area contributed by atoms with E-state index < -0.39 is 0 Å². The van der Waals surface area contributed by atoms with Gasteiger partial charge in [0, 0.05) is 35.1 Å². The zero-order chi connectivity index (χ0) is 19.2. The smallest absolute Gasteiger partial charge is 0.255 e. The highest BCUT2D eigenvalue weighted by molar-refractivity contribution is 8.00. The molecule has 27 heavy (non-hydrogen) atoms. The van der Waals surface area contributed by atoms with Crippen LogP contribution in [0.1, 0.15) is 10.4 Å². The van der Waals surface area contributed by atoms with Crippen molar-refractivity contribution in [3.05, 3.63) is 60.3 Å². The SMILES string of the molecule is COc1ccccc1C(=O)NCCn1cc(SCC(N)=O)c2ccccc21. The van der Waals surface area contributed by atoms with Crippen LogP contribution in [0.15, 0.2) is 59.6 Å². The molecular formula is C20H21N3O3S. The van der Waals surface area contributed by atoms with Crippen LogP contribution < -0.4 is 15.8 Å². The largest absolute Gasteiger partial charge is 0.496 e. The molecule has 6 nitrogen and oxygen atoms in total. The van der Waals surface area contributed by atoms with Gasteiger partial charge >= 0.3 is 0 Å². The molecule has 3 aromatic rings. The van der Waals surface area contributed by atoms with Gasteiger partial charge in [-0.25, -0.2) is 0 Å². The summed E-state index contributed by atoms with van der Waals surface area (Å²) >= 11 is 1.42. The number of nitrogens with two attached hydrogens (primary N) is 1. The number of hydrogen-bond donors (Lipinski definition) is 2. The number of hydrogen-bond acceptors (Lipinski definition) is 4. The topological polar surface area (TPSA) is 86.3 Å². The van der Waals surface area contributed by atoms with E-state index in [0.29, 0.717) is 24.4 Å². The van der Waals surface area contributed by atoms with Gasteiger partial charge in [0.25, 0.3) is 5.91 Å². The Morgan fingerprint density at radius 2 is 1.89 bits per heavy atom. The first-order chi connectivity index (χ1) is 13.1. The third-order valence-electron chi connectivity index (χ3n) is 4.11. The van der Waals surface area contributed by atoms with Crippen molar-refractivity contribution in [2.24, 2.45) is 5.73 Å². The molecule has 140 valence electrons. The van der Waals surface area contributed by atoms with Crippen molar-refractivity contribution in [1.29, 1.82) is 0 Å². The number of methoxy groups -OCH3 is 1. The van der Waals surface area contributed by atoms with E-state index in [0.717, 1.165) is 15.8 Å². The predicted molar refractivity (Wildman–Crippen MR) is 107 cm³/mol. The lowest BCUT2D eigenvalue weighted by Crippen LogP contribution is -2.27. The summed E-state index contributed by atoms with van der Waals surface area (Å²) in [5, 5.41) is 3.99. The van der Waals surface area contributed by atoms with Crippen molar-refractivity contribution in [3.63, 3.8) is 0 Å². The minimum atomic E-state index is -0.346. The first-order valence-corrected chi connectivity index (χ1v) is 9.49. The lowest BCUT2D eigenvalue weighted by molar-refractivity contribution is -0.115. The molecule has 0 atom stereocenters. The van der Waals surface area contributed by atoms with Crippen molar-refractivity contribution in [2.75, 3.05) is 19.4 Å². The van der Waals surface area contributed by atoms with Crippen LogP contribution in [0.25, 0.3) is 10.9 Å². The average molecular weight is 383 g/mol. The van der Waals surface area contributed by atoms with Crippen LogP contribution in [0.4, 0.5) is 0 Å². The predicted octanol–water partition coefficient (Wildman–Crippen LogP) is 2.66. The standard InChI is InChI=1S/C20H21N3O3S/c1-26-17-9-5-3-7-15(17)20(25)22-10-11-23-12-18(27-13-19(21)24)14-6-2-4-8-16(14)23/h2-9,12H,10-11,13H2,1H3,(H2,21,24)(H,22,25). The lowest BCUT2D eigenvalue weighted by Gasteiger charge is -2.10. The number of amides is 2.